The Balaban J connectivity index is 1.53. The molecule has 1 amide bonds. The summed E-state index contributed by atoms with van der Waals surface area (Å²) >= 11 is 1.58. The second-order valence-corrected chi connectivity index (χ2v) is 7.42. The molecule has 1 aliphatic rings. The Hall–Kier alpha value is -2.01. The molecule has 2 aromatic rings. The van der Waals surface area contributed by atoms with E-state index in [-0.39, 0.29) is 11.2 Å². The average Bonchev–Trinajstić information content (AvgIpc) is 3.15. The summed E-state index contributed by atoms with van der Waals surface area (Å²) in [7, 11) is 0. The molecule has 1 aromatic heterocycles. The highest BCUT2D eigenvalue weighted by molar-refractivity contribution is 8.00. The van der Waals surface area contributed by atoms with E-state index in [9.17, 15) is 4.79 Å². The van der Waals surface area contributed by atoms with Crippen LogP contribution in [0.2, 0.25) is 0 Å². The second kappa shape index (κ2) is 8.20. The van der Waals surface area contributed by atoms with Crippen molar-refractivity contribution in [2.75, 3.05) is 18.0 Å². The number of nitrogens with zero attached hydrogens (tertiary/aromatic N) is 2. The van der Waals surface area contributed by atoms with Crippen LogP contribution >= 0.6 is 11.8 Å². The molecule has 1 unspecified atom stereocenters. The van der Waals surface area contributed by atoms with E-state index in [1.165, 1.54) is 12.8 Å². The normalized spacial score (nSPS) is 15.3. The van der Waals surface area contributed by atoms with Gasteiger partial charge in [0, 0.05) is 30.7 Å². The number of carbonyl (C=O) groups excluding carboxylic acids is 1. The smallest absolute Gasteiger partial charge is 0.233 e. The number of thioether (sulfide) groups is 1. The van der Waals surface area contributed by atoms with E-state index in [1.54, 1.807) is 11.8 Å². The fourth-order valence-corrected chi connectivity index (χ4v) is 3.69. The van der Waals surface area contributed by atoms with Crippen molar-refractivity contribution in [3.05, 3.63) is 54.2 Å². The summed E-state index contributed by atoms with van der Waals surface area (Å²) in [6.45, 7) is 4.64. The summed E-state index contributed by atoms with van der Waals surface area (Å²) in [5.41, 5.74) is 1.09. The van der Waals surface area contributed by atoms with Crippen molar-refractivity contribution in [1.29, 1.82) is 0 Å². The van der Waals surface area contributed by atoms with Crippen LogP contribution in [0.5, 0.6) is 0 Å². The molecule has 3 rings (SSSR count). The Kier molecular flexibility index (Phi) is 5.75. The summed E-state index contributed by atoms with van der Waals surface area (Å²) in [4.78, 5) is 20.2. The molecular weight excluding hydrogens is 318 g/mol. The zero-order valence-corrected chi connectivity index (χ0v) is 14.8. The highest BCUT2D eigenvalue weighted by Crippen LogP contribution is 2.23. The minimum Gasteiger partial charge on any atom is -0.357 e. The van der Waals surface area contributed by atoms with E-state index in [0.717, 1.165) is 29.4 Å². The van der Waals surface area contributed by atoms with Crippen LogP contribution in [-0.2, 0) is 11.3 Å². The van der Waals surface area contributed by atoms with Crippen molar-refractivity contribution in [2.45, 2.75) is 36.5 Å². The Bertz CT molecular complexity index is 671. The first kappa shape index (κ1) is 16.8. The van der Waals surface area contributed by atoms with Gasteiger partial charge in [-0.3, -0.25) is 4.79 Å². The van der Waals surface area contributed by atoms with E-state index in [2.05, 4.69) is 21.3 Å². The Morgan fingerprint density at radius 2 is 2.00 bits per heavy atom. The zero-order valence-electron chi connectivity index (χ0n) is 13.9. The average molecular weight is 341 g/mol. The number of carbonyl (C=O) groups is 1. The third kappa shape index (κ3) is 4.51. The highest BCUT2D eigenvalue weighted by atomic mass is 32.2. The molecule has 1 aromatic carbocycles. The number of aromatic nitrogens is 1. The predicted octanol–water partition coefficient (Wildman–Crippen LogP) is 3.48. The van der Waals surface area contributed by atoms with Crippen LogP contribution in [0.25, 0.3) is 0 Å². The molecule has 1 saturated heterocycles. The summed E-state index contributed by atoms with van der Waals surface area (Å²) in [6.07, 6.45) is 4.30. The lowest BCUT2D eigenvalue weighted by Gasteiger charge is -2.17. The van der Waals surface area contributed by atoms with E-state index in [4.69, 9.17) is 0 Å². The van der Waals surface area contributed by atoms with Crippen LogP contribution in [0.1, 0.15) is 25.3 Å². The second-order valence-electron chi connectivity index (χ2n) is 6.01. The molecule has 0 spiro atoms. The molecular formula is C19H23N3OS. The standard InChI is InChI=1S/C19H23N3OS/c1-15(24-17-7-3-2-4-8-17)19(23)21-14-16-9-10-20-18(13-16)22-11-5-6-12-22/h2-4,7-10,13,15H,5-6,11-12,14H2,1H3,(H,21,23). The fraction of sp³-hybridized carbons (Fsp3) is 0.368. The molecule has 4 nitrogen and oxygen atoms in total. The van der Waals surface area contributed by atoms with Gasteiger partial charge in [0.25, 0.3) is 0 Å². The summed E-state index contributed by atoms with van der Waals surface area (Å²) < 4.78 is 0. The zero-order chi connectivity index (χ0) is 16.8. The molecule has 0 aliphatic carbocycles. The molecule has 0 saturated carbocycles. The highest BCUT2D eigenvalue weighted by Gasteiger charge is 2.15. The molecule has 5 heteroatoms. The lowest BCUT2D eigenvalue weighted by molar-refractivity contribution is -0.120. The first-order valence-corrected chi connectivity index (χ1v) is 9.29. The molecule has 1 fully saturated rings. The van der Waals surface area contributed by atoms with E-state index in [1.807, 2.05) is 49.5 Å². The molecule has 0 bridgehead atoms. The first-order chi connectivity index (χ1) is 11.7. The summed E-state index contributed by atoms with van der Waals surface area (Å²) in [5, 5.41) is 2.91. The van der Waals surface area contributed by atoms with Crippen molar-refractivity contribution >= 4 is 23.5 Å². The Labute approximate surface area is 147 Å². The van der Waals surface area contributed by atoms with Gasteiger partial charge in [0.2, 0.25) is 5.91 Å². The number of hydrogen-bond donors (Lipinski definition) is 1. The Morgan fingerprint density at radius 1 is 1.25 bits per heavy atom. The van der Waals surface area contributed by atoms with Gasteiger partial charge in [-0.1, -0.05) is 18.2 Å². The molecule has 1 N–H and O–H groups in total. The lowest BCUT2D eigenvalue weighted by atomic mass is 10.2. The van der Waals surface area contributed by atoms with Crippen molar-refractivity contribution in [2.24, 2.45) is 0 Å². The van der Waals surface area contributed by atoms with Gasteiger partial charge in [0.15, 0.2) is 0 Å². The van der Waals surface area contributed by atoms with Gasteiger partial charge >= 0.3 is 0 Å². The minimum absolute atomic E-state index is 0.0587. The minimum atomic E-state index is -0.118. The number of anilines is 1. The largest absolute Gasteiger partial charge is 0.357 e. The molecule has 126 valence electrons. The van der Waals surface area contributed by atoms with Crippen LogP contribution in [0, 0.1) is 0 Å². The fourth-order valence-electron chi connectivity index (χ4n) is 2.78. The van der Waals surface area contributed by atoms with E-state index in [0.29, 0.717) is 6.54 Å². The number of rotatable bonds is 6. The van der Waals surface area contributed by atoms with Gasteiger partial charge in [-0.2, -0.15) is 0 Å². The van der Waals surface area contributed by atoms with Crippen molar-refractivity contribution in [1.82, 2.24) is 10.3 Å². The van der Waals surface area contributed by atoms with Gasteiger partial charge < -0.3 is 10.2 Å². The van der Waals surface area contributed by atoms with E-state index >= 15 is 0 Å². The van der Waals surface area contributed by atoms with Crippen LogP contribution in [0.4, 0.5) is 5.82 Å². The maximum atomic E-state index is 12.3. The number of benzene rings is 1. The quantitative estimate of drug-likeness (QED) is 0.817. The topological polar surface area (TPSA) is 45.2 Å². The number of hydrogen-bond acceptors (Lipinski definition) is 4. The maximum absolute atomic E-state index is 12.3. The maximum Gasteiger partial charge on any atom is 0.233 e. The van der Waals surface area contributed by atoms with Crippen molar-refractivity contribution < 1.29 is 4.79 Å². The number of amides is 1. The van der Waals surface area contributed by atoms with Crippen molar-refractivity contribution in [3.8, 4) is 0 Å². The third-order valence-corrected chi connectivity index (χ3v) is 5.24. The van der Waals surface area contributed by atoms with Gasteiger partial charge in [0.1, 0.15) is 5.82 Å². The van der Waals surface area contributed by atoms with E-state index < -0.39 is 0 Å². The number of pyridine rings is 1. The summed E-state index contributed by atoms with van der Waals surface area (Å²) in [6, 6.07) is 14.1. The monoisotopic (exact) mass is 341 g/mol. The predicted molar refractivity (Wildman–Crippen MR) is 99.3 cm³/mol. The lowest BCUT2D eigenvalue weighted by Crippen LogP contribution is -2.30. The third-order valence-electron chi connectivity index (χ3n) is 4.13. The molecule has 1 atom stereocenters. The van der Waals surface area contributed by atoms with Gasteiger partial charge in [-0.25, -0.2) is 4.98 Å². The SMILES string of the molecule is CC(Sc1ccccc1)C(=O)NCc1ccnc(N2CCCC2)c1. The van der Waals surface area contributed by atoms with Crippen LogP contribution in [-0.4, -0.2) is 29.2 Å². The first-order valence-electron chi connectivity index (χ1n) is 8.41. The molecule has 0 radical (unpaired) electrons. The van der Waals surface area contributed by atoms with Gasteiger partial charge in [0.05, 0.1) is 5.25 Å². The molecule has 1 aliphatic heterocycles. The van der Waals surface area contributed by atoms with Crippen LogP contribution in [0.15, 0.2) is 53.6 Å². The Morgan fingerprint density at radius 3 is 2.75 bits per heavy atom. The van der Waals surface area contributed by atoms with Crippen molar-refractivity contribution in [3.63, 3.8) is 0 Å². The number of nitrogens with one attached hydrogen (secondary N) is 1. The summed E-state index contributed by atoms with van der Waals surface area (Å²) in [5.74, 6) is 1.08. The van der Waals surface area contributed by atoms with Crippen LogP contribution in [0.3, 0.4) is 0 Å². The van der Waals surface area contributed by atoms with Gasteiger partial charge in [-0.15, -0.1) is 11.8 Å². The molecule has 2 heterocycles. The van der Waals surface area contributed by atoms with Gasteiger partial charge in [-0.05, 0) is 49.6 Å². The molecule has 24 heavy (non-hydrogen) atoms. The van der Waals surface area contributed by atoms with Crippen LogP contribution < -0.4 is 10.2 Å².